The van der Waals surface area contributed by atoms with Gasteiger partial charge in [0.2, 0.25) is 5.95 Å². The molecule has 0 fully saturated rings. The Morgan fingerprint density at radius 1 is 1.25 bits per heavy atom. The van der Waals surface area contributed by atoms with Gasteiger partial charge in [0.1, 0.15) is 12.4 Å². The summed E-state index contributed by atoms with van der Waals surface area (Å²) in [6.45, 7) is 3.79. The average molecular weight is 458 g/mol. The van der Waals surface area contributed by atoms with E-state index in [4.69, 9.17) is 10.5 Å². The number of nitrogens with zero attached hydrogens (tertiary/aromatic N) is 3. The van der Waals surface area contributed by atoms with E-state index in [1.54, 1.807) is 21.0 Å². The Hall–Kier alpha value is -1.67. The summed E-state index contributed by atoms with van der Waals surface area (Å²) in [5, 5.41) is 0. The SMILES string of the molecule is Cc1cc(Br)cc(Br)c1OCc1nc(N)nc(C)c1C(=O)N(C)C. The molecule has 1 amide bonds. The van der Waals surface area contributed by atoms with E-state index in [2.05, 4.69) is 41.8 Å². The number of amides is 1. The van der Waals surface area contributed by atoms with Crippen LogP contribution >= 0.6 is 31.9 Å². The number of carbonyl (C=O) groups is 1. The van der Waals surface area contributed by atoms with E-state index in [9.17, 15) is 4.79 Å². The monoisotopic (exact) mass is 456 g/mol. The van der Waals surface area contributed by atoms with Crippen LogP contribution in [0.4, 0.5) is 5.95 Å². The summed E-state index contributed by atoms with van der Waals surface area (Å²) >= 11 is 6.92. The molecule has 0 aliphatic heterocycles. The number of ether oxygens (including phenoxy) is 1. The van der Waals surface area contributed by atoms with Crippen LogP contribution in [0, 0.1) is 13.8 Å². The van der Waals surface area contributed by atoms with Crippen molar-refractivity contribution in [3.8, 4) is 5.75 Å². The van der Waals surface area contributed by atoms with Crippen LogP contribution in [0.5, 0.6) is 5.75 Å². The molecule has 0 atom stereocenters. The van der Waals surface area contributed by atoms with E-state index < -0.39 is 0 Å². The van der Waals surface area contributed by atoms with Crippen LogP contribution < -0.4 is 10.5 Å². The Morgan fingerprint density at radius 3 is 2.50 bits per heavy atom. The summed E-state index contributed by atoms with van der Waals surface area (Å²) in [6.07, 6.45) is 0. The van der Waals surface area contributed by atoms with E-state index in [-0.39, 0.29) is 18.5 Å². The standard InChI is InChI=1S/C16H18Br2N4O2/c1-8-5-10(17)6-11(18)14(8)24-7-12-13(15(23)22(3)4)9(2)20-16(19)21-12/h5-6H,7H2,1-4H3,(H2,19,20,21). The molecule has 1 heterocycles. The molecule has 2 N–H and O–H groups in total. The first-order valence-electron chi connectivity index (χ1n) is 7.13. The third-order valence-corrected chi connectivity index (χ3v) is 4.40. The lowest BCUT2D eigenvalue weighted by Crippen LogP contribution is -2.26. The number of carbonyl (C=O) groups excluding carboxylic acids is 1. The molecule has 0 aliphatic carbocycles. The molecule has 1 aromatic heterocycles. The first-order valence-corrected chi connectivity index (χ1v) is 8.72. The Balaban J connectivity index is 2.38. The van der Waals surface area contributed by atoms with Gasteiger partial charge in [-0.25, -0.2) is 9.97 Å². The van der Waals surface area contributed by atoms with E-state index in [0.29, 0.717) is 22.7 Å². The molecule has 0 spiro atoms. The predicted molar refractivity (Wildman–Crippen MR) is 100 cm³/mol. The summed E-state index contributed by atoms with van der Waals surface area (Å²) in [7, 11) is 3.36. The smallest absolute Gasteiger partial charge is 0.257 e. The van der Waals surface area contributed by atoms with E-state index in [1.807, 2.05) is 19.1 Å². The van der Waals surface area contributed by atoms with Gasteiger partial charge in [0, 0.05) is 18.6 Å². The number of rotatable bonds is 4. The maximum atomic E-state index is 12.4. The lowest BCUT2D eigenvalue weighted by Gasteiger charge is -2.17. The number of hydrogen-bond donors (Lipinski definition) is 1. The van der Waals surface area contributed by atoms with Gasteiger partial charge in [-0.05, 0) is 47.5 Å². The van der Waals surface area contributed by atoms with Crippen LogP contribution in [-0.4, -0.2) is 34.9 Å². The van der Waals surface area contributed by atoms with Crippen molar-refractivity contribution in [2.24, 2.45) is 0 Å². The molecule has 24 heavy (non-hydrogen) atoms. The molecule has 8 heteroatoms. The van der Waals surface area contributed by atoms with Crippen LogP contribution in [0.1, 0.15) is 27.3 Å². The molecule has 0 saturated carbocycles. The zero-order chi connectivity index (χ0) is 18.0. The Morgan fingerprint density at radius 2 is 1.92 bits per heavy atom. The lowest BCUT2D eigenvalue weighted by molar-refractivity contribution is 0.0823. The molecular weight excluding hydrogens is 440 g/mol. The number of aromatic nitrogens is 2. The number of benzene rings is 1. The van der Waals surface area contributed by atoms with Gasteiger partial charge in [-0.2, -0.15) is 0 Å². The second kappa shape index (κ2) is 7.48. The number of hydrogen-bond acceptors (Lipinski definition) is 5. The normalized spacial score (nSPS) is 10.6. The van der Waals surface area contributed by atoms with Gasteiger partial charge >= 0.3 is 0 Å². The Labute approximate surface area is 157 Å². The van der Waals surface area contributed by atoms with Crippen molar-refractivity contribution in [2.45, 2.75) is 20.5 Å². The summed E-state index contributed by atoms with van der Waals surface area (Å²) in [5.74, 6) is 0.627. The highest BCUT2D eigenvalue weighted by Crippen LogP contribution is 2.33. The number of nitrogen functional groups attached to an aromatic ring is 1. The van der Waals surface area contributed by atoms with Crippen LogP contribution in [-0.2, 0) is 6.61 Å². The van der Waals surface area contributed by atoms with E-state index in [1.165, 1.54) is 4.90 Å². The van der Waals surface area contributed by atoms with Crippen LogP contribution in [0.3, 0.4) is 0 Å². The van der Waals surface area contributed by atoms with Crippen LogP contribution in [0.25, 0.3) is 0 Å². The molecule has 2 rings (SSSR count). The molecule has 1 aromatic carbocycles. The van der Waals surface area contributed by atoms with E-state index >= 15 is 0 Å². The highest BCUT2D eigenvalue weighted by Gasteiger charge is 2.20. The van der Waals surface area contributed by atoms with Crippen molar-refractivity contribution < 1.29 is 9.53 Å². The maximum Gasteiger partial charge on any atom is 0.257 e. The summed E-state index contributed by atoms with van der Waals surface area (Å²) in [6, 6.07) is 3.85. The van der Waals surface area contributed by atoms with Crippen molar-refractivity contribution in [2.75, 3.05) is 19.8 Å². The molecule has 0 saturated heterocycles. The number of anilines is 1. The molecule has 128 valence electrons. The van der Waals surface area contributed by atoms with Crippen molar-refractivity contribution in [1.82, 2.24) is 14.9 Å². The lowest BCUT2D eigenvalue weighted by atomic mass is 10.1. The fraction of sp³-hybridized carbons (Fsp3) is 0.312. The van der Waals surface area contributed by atoms with Gasteiger partial charge < -0.3 is 15.4 Å². The van der Waals surface area contributed by atoms with Crippen molar-refractivity contribution in [3.63, 3.8) is 0 Å². The summed E-state index contributed by atoms with van der Waals surface area (Å²) in [5.41, 5.74) is 8.11. The van der Waals surface area contributed by atoms with Gasteiger partial charge in [-0.15, -0.1) is 0 Å². The molecule has 6 nitrogen and oxygen atoms in total. The topological polar surface area (TPSA) is 81.3 Å². The van der Waals surface area contributed by atoms with Gasteiger partial charge in [0.05, 0.1) is 21.4 Å². The molecule has 0 aliphatic rings. The molecule has 0 radical (unpaired) electrons. The minimum Gasteiger partial charge on any atom is -0.486 e. The maximum absolute atomic E-state index is 12.4. The van der Waals surface area contributed by atoms with Gasteiger partial charge in [0.15, 0.2) is 0 Å². The molecular formula is C16H18Br2N4O2. The summed E-state index contributed by atoms with van der Waals surface area (Å²) in [4.78, 5) is 22.2. The van der Waals surface area contributed by atoms with Crippen molar-refractivity contribution in [3.05, 3.63) is 43.6 Å². The van der Waals surface area contributed by atoms with Gasteiger partial charge in [-0.1, -0.05) is 15.9 Å². The number of halogens is 2. The zero-order valence-electron chi connectivity index (χ0n) is 13.9. The Bertz CT molecular complexity index is 771. The fourth-order valence-electron chi connectivity index (χ4n) is 2.27. The van der Waals surface area contributed by atoms with E-state index in [0.717, 1.165) is 14.5 Å². The quantitative estimate of drug-likeness (QED) is 0.759. The molecule has 0 bridgehead atoms. The Kier molecular flexibility index (Phi) is 5.82. The third-order valence-electron chi connectivity index (χ3n) is 3.35. The van der Waals surface area contributed by atoms with Gasteiger partial charge in [0.25, 0.3) is 5.91 Å². The van der Waals surface area contributed by atoms with Crippen molar-refractivity contribution >= 4 is 43.7 Å². The van der Waals surface area contributed by atoms with Gasteiger partial charge in [-0.3, -0.25) is 4.79 Å². The highest BCUT2D eigenvalue weighted by atomic mass is 79.9. The largest absolute Gasteiger partial charge is 0.486 e. The van der Waals surface area contributed by atoms with Crippen molar-refractivity contribution in [1.29, 1.82) is 0 Å². The first-order chi connectivity index (χ1) is 11.2. The second-order valence-electron chi connectivity index (χ2n) is 5.51. The first kappa shape index (κ1) is 18.7. The fourth-order valence-corrected chi connectivity index (χ4v) is 3.83. The minimum atomic E-state index is -0.183. The zero-order valence-corrected chi connectivity index (χ0v) is 17.0. The van der Waals surface area contributed by atoms with Crippen LogP contribution in [0.15, 0.2) is 21.1 Å². The minimum absolute atomic E-state index is 0.115. The molecule has 2 aromatic rings. The van der Waals surface area contributed by atoms with Crippen LogP contribution in [0.2, 0.25) is 0 Å². The highest BCUT2D eigenvalue weighted by molar-refractivity contribution is 9.11. The second-order valence-corrected chi connectivity index (χ2v) is 7.28. The number of nitrogens with two attached hydrogens (primary N) is 1. The molecule has 0 unspecified atom stereocenters. The average Bonchev–Trinajstić information content (AvgIpc) is 2.44. The number of aryl methyl sites for hydroxylation is 2. The summed E-state index contributed by atoms with van der Waals surface area (Å²) < 4.78 is 7.67. The predicted octanol–water partition coefficient (Wildman–Crippen LogP) is 3.48. The third kappa shape index (κ3) is 4.05.